The zero-order valence-electron chi connectivity index (χ0n) is 18.4. The molecule has 1 aliphatic heterocycles. The quantitative estimate of drug-likeness (QED) is 0.227. The minimum absolute atomic E-state index is 0. The second-order valence-electron chi connectivity index (χ2n) is 7.11. The Morgan fingerprint density at radius 2 is 2.16 bits per heavy atom. The average molecular weight is 574 g/mol. The highest BCUT2D eigenvalue weighted by Crippen LogP contribution is 2.26. The van der Waals surface area contributed by atoms with Gasteiger partial charge in [0.15, 0.2) is 5.96 Å². The van der Waals surface area contributed by atoms with Gasteiger partial charge in [-0.15, -0.1) is 24.0 Å². The molecule has 1 aromatic heterocycles. The number of esters is 1. The molecule has 10 heteroatoms. The van der Waals surface area contributed by atoms with Gasteiger partial charge in [0.25, 0.3) is 0 Å². The molecule has 1 aliphatic rings. The van der Waals surface area contributed by atoms with E-state index < -0.39 is 5.97 Å². The fourth-order valence-corrected chi connectivity index (χ4v) is 3.73. The normalized spacial score (nSPS) is 15.7. The smallest absolute Gasteiger partial charge is 0.341 e. The summed E-state index contributed by atoms with van der Waals surface area (Å²) in [5, 5.41) is 7.42. The Labute approximate surface area is 210 Å². The average Bonchev–Trinajstić information content (AvgIpc) is 3.25. The predicted molar refractivity (Wildman–Crippen MR) is 138 cm³/mol. The summed E-state index contributed by atoms with van der Waals surface area (Å²) >= 11 is 6.29. The van der Waals surface area contributed by atoms with Crippen LogP contribution in [-0.2, 0) is 11.3 Å². The zero-order valence-corrected chi connectivity index (χ0v) is 21.5. The molecule has 174 valence electrons. The first-order valence-electron chi connectivity index (χ1n) is 10.2. The first-order chi connectivity index (χ1) is 15.0. The van der Waals surface area contributed by atoms with Gasteiger partial charge in [-0.2, -0.15) is 0 Å². The van der Waals surface area contributed by atoms with Crippen LogP contribution in [-0.4, -0.2) is 56.8 Å². The molecule has 3 rings (SSSR count). The summed E-state index contributed by atoms with van der Waals surface area (Å²) in [7, 11) is 2.87. The number of hydrogen-bond donors (Lipinski definition) is 2. The molecule has 1 unspecified atom stereocenters. The number of carbonyl (C=O) groups excluding carboxylic acids is 1. The Kier molecular flexibility index (Phi) is 10.3. The van der Waals surface area contributed by atoms with Crippen LogP contribution in [0.5, 0.6) is 5.75 Å². The van der Waals surface area contributed by atoms with Crippen LogP contribution < -0.4 is 20.3 Å². The molecule has 0 amide bonds. The van der Waals surface area contributed by atoms with Crippen molar-refractivity contribution in [3.8, 4) is 5.75 Å². The zero-order chi connectivity index (χ0) is 22.2. The Bertz CT molecular complexity index is 944. The second-order valence-corrected chi connectivity index (χ2v) is 7.51. The summed E-state index contributed by atoms with van der Waals surface area (Å²) in [6.07, 6.45) is 2.71. The first kappa shape index (κ1) is 26.0. The van der Waals surface area contributed by atoms with E-state index in [1.807, 2.05) is 25.1 Å². The fourth-order valence-electron chi connectivity index (χ4n) is 3.49. The van der Waals surface area contributed by atoms with Crippen molar-refractivity contribution in [2.45, 2.75) is 25.9 Å². The summed E-state index contributed by atoms with van der Waals surface area (Å²) in [6, 6.07) is 9.29. The Hall–Kier alpha value is -2.27. The van der Waals surface area contributed by atoms with Crippen molar-refractivity contribution in [1.29, 1.82) is 0 Å². The summed E-state index contributed by atoms with van der Waals surface area (Å²) in [4.78, 5) is 23.3. The molecule has 0 spiro atoms. The molecule has 1 fully saturated rings. The van der Waals surface area contributed by atoms with Crippen molar-refractivity contribution < 1.29 is 14.3 Å². The standard InChI is InChI=1S/C22H28ClN5O3.HI/c1-4-24-22(26-13-15-7-8-19(30-2)17(12-15)21(29)31-3)27-16-9-11-28(14-16)20-18(23)6-5-10-25-20;/h5-8,10,12,16H,4,9,11,13-14H2,1-3H3,(H2,24,26,27);1H. The molecular formula is C22H29ClIN5O3. The summed E-state index contributed by atoms with van der Waals surface area (Å²) in [5.74, 6) is 1.57. The molecule has 0 radical (unpaired) electrons. The number of methoxy groups -OCH3 is 2. The molecule has 0 aliphatic carbocycles. The van der Waals surface area contributed by atoms with E-state index in [9.17, 15) is 4.79 Å². The third kappa shape index (κ3) is 6.61. The SMILES string of the molecule is CCNC(=NCc1ccc(OC)c(C(=O)OC)c1)NC1CCN(c2ncccc2Cl)C1.I. The number of nitrogens with one attached hydrogen (secondary N) is 2. The number of aromatic nitrogens is 1. The van der Waals surface area contributed by atoms with Gasteiger partial charge in [-0.3, -0.25) is 0 Å². The molecule has 1 aromatic carbocycles. The molecule has 0 saturated carbocycles. The maximum atomic E-state index is 12.0. The summed E-state index contributed by atoms with van der Waals surface area (Å²) < 4.78 is 10.1. The molecule has 2 aromatic rings. The first-order valence-corrected chi connectivity index (χ1v) is 10.6. The highest BCUT2D eigenvalue weighted by Gasteiger charge is 2.25. The number of rotatable bonds is 7. The number of halogens is 2. The van der Waals surface area contributed by atoms with Gasteiger partial charge in [0.05, 0.1) is 25.8 Å². The van der Waals surface area contributed by atoms with Crippen LogP contribution in [0.3, 0.4) is 0 Å². The van der Waals surface area contributed by atoms with Gasteiger partial charge in [0.2, 0.25) is 0 Å². The third-order valence-corrected chi connectivity index (χ3v) is 5.30. The Balaban J connectivity index is 0.00000363. The largest absolute Gasteiger partial charge is 0.496 e. The van der Waals surface area contributed by atoms with Crippen LogP contribution in [0, 0.1) is 0 Å². The number of nitrogens with zero attached hydrogens (tertiary/aromatic N) is 3. The highest BCUT2D eigenvalue weighted by molar-refractivity contribution is 14.0. The van der Waals surface area contributed by atoms with E-state index in [0.29, 0.717) is 22.9 Å². The van der Waals surface area contributed by atoms with E-state index in [-0.39, 0.29) is 30.0 Å². The fraction of sp³-hybridized carbons (Fsp3) is 0.409. The number of ether oxygens (including phenoxy) is 2. The van der Waals surface area contributed by atoms with Crippen molar-refractivity contribution in [3.05, 3.63) is 52.7 Å². The molecule has 2 N–H and O–H groups in total. The van der Waals surface area contributed by atoms with Crippen LogP contribution in [0.2, 0.25) is 5.02 Å². The van der Waals surface area contributed by atoms with Gasteiger partial charge in [-0.25, -0.2) is 14.8 Å². The van der Waals surface area contributed by atoms with Crippen LogP contribution in [0.25, 0.3) is 0 Å². The van der Waals surface area contributed by atoms with Crippen molar-refractivity contribution in [1.82, 2.24) is 15.6 Å². The molecule has 8 nitrogen and oxygen atoms in total. The van der Waals surface area contributed by atoms with Gasteiger partial charge in [0.1, 0.15) is 17.1 Å². The van der Waals surface area contributed by atoms with E-state index in [1.54, 1.807) is 18.3 Å². The lowest BCUT2D eigenvalue weighted by Gasteiger charge is -2.20. The van der Waals surface area contributed by atoms with E-state index >= 15 is 0 Å². The number of anilines is 1. The topological polar surface area (TPSA) is 88.1 Å². The number of hydrogen-bond acceptors (Lipinski definition) is 6. The van der Waals surface area contributed by atoms with E-state index in [0.717, 1.165) is 43.4 Å². The van der Waals surface area contributed by atoms with E-state index in [1.165, 1.54) is 14.2 Å². The predicted octanol–water partition coefficient (Wildman–Crippen LogP) is 3.48. The second kappa shape index (κ2) is 12.7. The van der Waals surface area contributed by atoms with Crippen LogP contribution in [0.1, 0.15) is 29.3 Å². The molecule has 2 heterocycles. The Morgan fingerprint density at radius 3 is 2.84 bits per heavy atom. The summed E-state index contributed by atoms with van der Waals surface area (Å²) in [5.41, 5.74) is 1.26. The monoisotopic (exact) mass is 573 g/mol. The van der Waals surface area contributed by atoms with Crippen LogP contribution in [0.15, 0.2) is 41.5 Å². The lowest BCUT2D eigenvalue weighted by Crippen LogP contribution is -2.44. The van der Waals surface area contributed by atoms with Gasteiger partial charge < -0.3 is 25.0 Å². The van der Waals surface area contributed by atoms with E-state index in [4.69, 9.17) is 21.1 Å². The lowest BCUT2D eigenvalue weighted by molar-refractivity contribution is 0.0597. The lowest BCUT2D eigenvalue weighted by atomic mass is 10.1. The summed E-state index contributed by atoms with van der Waals surface area (Å²) in [6.45, 7) is 4.83. The Morgan fingerprint density at radius 1 is 1.34 bits per heavy atom. The molecular weight excluding hydrogens is 545 g/mol. The number of aliphatic imine (C=N–C) groups is 1. The highest BCUT2D eigenvalue weighted by atomic mass is 127. The van der Waals surface area contributed by atoms with E-state index in [2.05, 4.69) is 25.5 Å². The maximum Gasteiger partial charge on any atom is 0.341 e. The minimum atomic E-state index is -0.438. The number of benzene rings is 1. The van der Waals surface area contributed by atoms with Crippen molar-refractivity contribution in [2.75, 3.05) is 38.8 Å². The van der Waals surface area contributed by atoms with Gasteiger partial charge in [0, 0.05) is 31.9 Å². The van der Waals surface area contributed by atoms with Crippen molar-refractivity contribution in [2.24, 2.45) is 4.99 Å². The van der Waals surface area contributed by atoms with Crippen LogP contribution in [0.4, 0.5) is 5.82 Å². The van der Waals surface area contributed by atoms with Gasteiger partial charge in [-0.05, 0) is 43.2 Å². The van der Waals surface area contributed by atoms with Gasteiger partial charge in [-0.1, -0.05) is 17.7 Å². The number of guanidine groups is 1. The minimum Gasteiger partial charge on any atom is -0.496 e. The van der Waals surface area contributed by atoms with Gasteiger partial charge >= 0.3 is 5.97 Å². The maximum absolute atomic E-state index is 12.0. The number of carbonyl (C=O) groups is 1. The molecule has 1 atom stereocenters. The molecule has 1 saturated heterocycles. The molecule has 32 heavy (non-hydrogen) atoms. The van der Waals surface area contributed by atoms with Crippen molar-refractivity contribution >= 4 is 53.3 Å². The van der Waals surface area contributed by atoms with Crippen LogP contribution >= 0.6 is 35.6 Å². The molecule has 0 bridgehead atoms. The number of pyridine rings is 1. The third-order valence-electron chi connectivity index (χ3n) is 5.00. The van der Waals surface area contributed by atoms with Crippen molar-refractivity contribution in [3.63, 3.8) is 0 Å².